The first kappa shape index (κ1) is 12.0. The number of hydrogen-bond donors (Lipinski definition) is 3. The van der Waals surface area contributed by atoms with Gasteiger partial charge in [0.25, 0.3) is 0 Å². The summed E-state index contributed by atoms with van der Waals surface area (Å²) in [4.78, 5) is 0. The molecule has 0 aliphatic rings. The Hall–Kier alpha value is -1.06. The molecule has 1 aromatic carbocycles. The molecular formula is C12H18O3. The first-order valence-corrected chi connectivity index (χ1v) is 5.17. The van der Waals surface area contributed by atoms with E-state index in [4.69, 9.17) is 10.2 Å². The Morgan fingerprint density at radius 3 is 2.47 bits per heavy atom. The molecule has 0 saturated carbocycles. The number of hydrogen-bond acceptors (Lipinski definition) is 3. The molecule has 0 aromatic heterocycles. The maximum Gasteiger partial charge on any atom is 0.118 e. The zero-order valence-corrected chi connectivity index (χ0v) is 8.98. The lowest BCUT2D eigenvalue weighted by Gasteiger charge is -2.11. The number of aliphatic hydroxyl groups is 2. The number of aliphatic hydroxyl groups excluding tert-OH is 2. The lowest BCUT2D eigenvalue weighted by Crippen LogP contribution is -2.11. The minimum absolute atomic E-state index is 0.0108. The molecule has 0 radical (unpaired) electrons. The molecule has 3 nitrogen and oxygen atoms in total. The van der Waals surface area contributed by atoms with Gasteiger partial charge in [0.1, 0.15) is 5.75 Å². The topological polar surface area (TPSA) is 60.7 Å². The van der Waals surface area contributed by atoms with Crippen LogP contribution < -0.4 is 0 Å². The zero-order valence-electron chi connectivity index (χ0n) is 8.98. The Labute approximate surface area is 90.0 Å². The highest BCUT2D eigenvalue weighted by Gasteiger charge is 2.08. The largest absolute Gasteiger partial charge is 0.508 e. The second-order valence-corrected chi connectivity index (χ2v) is 3.90. The number of benzene rings is 1. The van der Waals surface area contributed by atoms with Gasteiger partial charge in [-0.2, -0.15) is 0 Å². The van der Waals surface area contributed by atoms with Crippen LogP contribution in [0.4, 0.5) is 0 Å². The summed E-state index contributed by atoms with van der Waals surface area (Å²) >= 11 is 0. The van der Waals surface area contributed by atoms with Crippen molar-refractivity contribution in [2.75, 3.05) is 13.2 Å². The summed E-state index contributed by atoms with van der Waals surface area (Å²) in [5.41, 5.74) is 1.98. The van der Waals surface area contributed by atoms with Gasteiger partial charge in [-0.25, -0.2) is 0 Å². The molecule has 0 unspecified atom stereocenters. The predicted octanol–water partition coefficient (Wildman–Crippen LogP) is 1.23. The Bertz CT molecular complexity index is 306. The van der Waals surface area contributed by atoms with Gasteiger partial charge in [0, 0.05) is 19.1 Å². The fraction of sp³-hybridized carbons (Fsp3) is 0.500. The van der Waals surface area contributed by atoms with E-state index in [9.17, 15) is 5.11 Å². The summed E-state index contributed by atoms with van der Waals surface area (Å²) in [5.74, 6) is 0.195. The van der Waals surface area contributed by atoms with Crippen LogP contribution in [0.3, 0.4) is 0 Å². The summed E-state index contributed by atoms with van der Waals surface area (Å²) in [6, 6.07) is 5.47. The van der Waals surface area contributed by atoms with E-state index in [1.165, 1.54) is 0 Å². The Kier molecular flexibility index (Phi) is 4.59. The fourth-order valence-electron chi connectivity index (χ4n) is 1.51. The van der Waals surface area contributed by atoms with Crippen molar-refractivity contribution in [3.8, 4) is 5.75 Å². The molecule has 0 atom stereocenters. The van der Waals surface area contributed by atoms with E-state index in [-0.39, 0.29) is 24.9 Å². The molecule has 3 N–H and O–H groups in total. The van der Waals surface area contributed by atoms with Crippen LogP contribution in [0.1, 0.15) is 17.5 Å². The van der Waals surface area contributed by atoms with Gasteiger partial charge in [-0.3, -0.25) is 0 Å². The third kappa shape index (κ3) is 3.53. The van der Waals surface area contributed by atoms with Crippen molar-refractivity contribution in [3.63, 3.8) is 0 Å². The molecule has 3 heteroatoms. The summed E-state index contributed by atoms with van der Waals surface area (Å²) in [6.45, 7) is 1.95. The van der Waals surface area contributed by atoms with E-state index in [1.807, 2.05) is 19.1 Å². The molecule has 0 aliphatic heterocycles. The SMILES string of the molecule is Cc1ccc(O)c(CCC(CO)CO)c1. The van der Waals surface area contributed by atoms with E-state index >= 15 is 0 Å². The molecule has 0 amide bonds. The molecule has 84 valence electrons. The maximum absolute atomic E-state index is 9.57. The van der Waals surface area contributed by atoms with Crippen molar-refractivity contribution >= 4 is 0 Å². The van der Waals surface area contributed by atoms with Gasteiger partial charge in [0.15, 0.2) is 0 Å². The van der Waals surface area contributed by atoms with Gasteiger partial charge in [-0.05, 0) is 31.4 Å². The van der Waals surface area contributed by atoms with Crippen LogP contribution in [0.25, 0.3) is 0 Å². The Morgan fingerprint density at radius 1 is 1.20 bits per heavy atom. The van der Waals surface area contributed by atoms with Crippen molar-refractivity contribution in [2.45, 2.75) is 19.8 Å². The smallest absolute Gasteiger partial charge is 0.118 e. The number of phenolic OH excluding ortho intramolecular Hbond substituents is 1. The van der Waals surface area contributed by atoms with Crippen molar-refractivity contribution in [2.24, 2.45) is 5.92 Å². The molecule has 0 heterocycles. The molecule has 0 aliphatic carbocycles. The van der Waals surface area contributed by atoms with E-state index in [2.05, 4.69) is 0 Å². The van der Waals surface area contributed by atoms with Gasteiger partial charge >= 0.3 is 0 Å². The maximum atomic E-state index is 9.57. The third-order valence-electron chi connectivity index (χ3n) is 2.57. The summed E-state index contributed by atoms with van der Waals surface area (Å²) < 4.78 is 0. The molecule has 0 saturated heterocycles. The van der Waals surface area contributed by atoms with Crippen LogP contribution in [0.15, 0.2) is 18.2 Å². The predicted molar refractivity (Wildman–Crippen MR) is 58.8 cm³/mol. The normalized spacial score (nSPS) is 10.9. The van der Waals surface area contributed by atoms with Gasteiger partial charge in [0.05, 0.1) is 0 Å². The van der Waals surface area contributed by atoms with Crippen molar-refractivity contribution in [1.82, 2.24) is 0 Å². The van der Waals surface area contributed by atoms with E-state index < -0.39 is 0 Å². The van der Waals surface area contributed by atoms with Crippen LogP contribution in [-0.4, -0.2) is 28.5 Å². The molecule has 1 aromatic rings. The van der Waals surface area contributed by atoms with Crippen LogP contribution in [0, 0.1) is 12.8 Å². The highest BCUT2D eigenvalue weighted by atomic mass is 16.3. The average Bonchev–Trinajstić information content (AvgIpc) is 2.24. The number of aromatic hydroxyl groups is 1. The number of aryl methyl sites for hydroxylation is 2. The second kappa shape index (κ2) is 5.73. The molecular weight excluding hydrogens is 192 g/mol. The molecule has 15 heavy (non-hydrogen) atoms. The Balaban J connectivity index is 2.60. The third-order valence-corrected chi connectivity index (χ3v) is 2.57. The van der Waals surface area contributed by atoms with Crippen molar-refractivity contribution in [3.05, 3.63) is 29.3 Å². The lowest BCUT2D eigenvalue weighted by atomic mass is 9.99. The van der Waals surface area contributed by atoms with Gasteiger partial charge in [-0.1, -0.05) is 17.7 Å². The van der Waals surface area contributed by atoms with Gasteiger partial charge in [0.2, 0.25) is 0 Å². The lowest BCUT2D eigenvalue weighted by molar-refractivity contribution is 0.144. The molecule has 1 rings (SSSR count). The van der Waals surface area contributed by atoms with E-state index in [1.54, 1.807) is 6.07 Å². The second-order valence-electron chi connectivity index (χ2n) is 3.90. The van der Waals surface area contributed by atoms with Gasteiger partial charge < -0.3 is 15.3 Å². The minimum Gasteiger partial charge on any atom is -0.508 e. The highest BCUT2D eigenvalue weighted by Crippen LogP contribution is 2.21. The van der Waals surface area contributed by atoms with Crippen molar-refractivity contribution < 1.29 is 15.3 Å². The average molecular weight is 210 g/mol. The van der Waals surface area contributed by atoms with E-state index in [0.717, 1.165) is 11.1 Å². The summed E-state index contributed by atoms with van der Waals surface area (Å²) in [5, 5.41) is 27.4. The first-order valence-electron chi connectivity index (χ1n) is 5.17. The van der Waals surface area contributed by atoms with Crippen LogP contribution >= 0.6 is 0 Å². The van der Waals surface area contributed by atoms with Crippen LogP contribution in [-0.2, 0) is 6.42 Å². The van der Waals surface area contributed by atoms with Crippen LogP contribution in [0.2, 0.25) is 0 Å². The monoisotopic (exact) mass is 210 g/mol. The minimum atomic E-state index is -0.0927. The summed E-state index contributed by atoms with van der Waals surface area (Å²) in [6.07, 6.45) is 1.36. The number of rotatable bonds is 5. The Morgan fingerprint density at radius 2 is 1.87 bits per heavy atom. The quantitative estimate of drug-likeness (QED) is 0.685. The number of phenols is 1. The molecule has 0 spiro atoms. The van der Waals surface area contributed by atoms with Crippen molar-refractivity contribution in [1.29, 1.82) is 0 Å². The summed E-state index contributed by atoms with van der Waals surface area (Å²) in [7, 11) is 0. The molecule has 0 bridgehead atoms. The first-order chi connectivity index (χ1) is 7.17. The molecule has 0 fully saturated rings. The standard InChI is InChI=1S/C12H18O3/c1-9-2-5-12(15)11(6-9)4-3-10(7-13)8-14/h2,5-6,10,13-15H,3-4,7-8H2,1H3. The van der Waals surface area contributed by atoms with E-state index in [0.29, 0.717) is 12.8 Å². The van der Waals surface area contributed by atoms with Crippen LogP contribution in [0.5, 0.6) is 5.75 Å². The fourth-order valence-corrected chi connectivity index (χ4v) is 1.51. The van der Waals surface area contributed by atoms with Gasteiger partial charge in [-0.15, -0.1) is 0 Å². The highest BCUT2D eigenvalue weighted by molar-refractivity contribution is 5.35. The zero-order chi connectivity index (χ0) is 11.3.